The molecular formula is C12H12NP. The molecule has 0 spiro atoms. The van der Waals surface area contributed by atoms with Crippen LogP contribution in [0.4, 0.5) is 0 Å². The Morgan fingerprint density at radius 1 is 0.643 bits per heavy atom. The minimum absolute atomic E-state index is 0.671. The van der Waals surface area contributed by atoms with Gasteiger partial charge in [-0.15, -0.1) is 0 Å². The standard InChI is InChI=1S/C12H12NP/c13-14(11-7-3-1-4-8-11)12-9-5-2-6-10-12/h1-10H,13H2. The second-order valence-electron chi connectivity index (χ2n) is 3.04. The van der Waals surface area contributed by atoms with Gasteiger partial charge in [0.25, 0.3) is 0 Å². The van der Waals surface area contributed by atoms with Crippen LogP contribution < -0.4 is 16.1 Å². The van der Waals surface area contributed by atoms with Crippen LogP contribution in [0.5, 0.6) is 0 Å². The molecule has 0 bridgehead atoms. The lowest BCUT2D eigenvalue weighted by atomic mass is 10.4. The predicted molar refractivity (Wildman–Crippen MR) is 63.3 cm³/mol. The molecule has 0 aliphatic heterocycles. The molecule has 0 unspecified atom stereocenters. The Morgan fingerprint density at radius 3 is 1.36 bits per heavy atom. The highest BCUT2D eigenvalue weighted by atomic mass is 31.1. The SMILES string of the molecule is NP(c1ccccc1)c1ccccc1. The van der Waals surface area contributed by atoms with Crippen molar-refractivity contribution in [3.63, 3.8) is 0 Å². The highest BCUT2D eigenvalue weighted by molar-refractivity contribution is 7.70. The van der Waals surface area contributed by atoms with E-state index in [1.165, 1.54) is 10.6 Å². The molecule has 2 heteroatoms. The molecule has 0 aliphatic rings. The molecule has 1 nitrogen and oxygen atoms in total. The molecule has 0 atom stereocenters. The van der Waals surface area contributed by atoms with Crippen molar-refractivity contribution in [2.45, 2.75) is 0 Å². The van der Waals surface area contributed by atoms with E-state index in [1.54, 1.807) is 0 Å². The normalized spacial score (nSPS) is 10.4. The van der Waals surface area contributed by atoms with Crippen molar-refractivity contribution in [3.05, 3.63) is 60.7 Å². The summed E-state index contributed by atoms with van der Waals surface area (Å²) in [5.74, 6) is 0. The van der Waals surface area contributed by atoms with Crippen LogP contribution in [-0.4, -0.2) is 0 Å². The molecule has 0 fully saturated rings. The van der Waals surface area contributed by atoms with Gasteiger partial charge < -0.3 is 5.50 Å². The Bertz CT molecular complexity index is 346. The molecule has 0 saturated carbocycles. The summed E-state index contributed by atoms with van der Waals surface area (Å²) in [7, 11) is -0.671. The topological polar surface area (TPSA) is 26.0 Å². The van der Waals surface area contributed by atoms with Crippen molar-refractivity contribution < 1.29 is 0 Å². The first-order valence-electron chi connectivity index (χ1n) is 4.53. The highest BCUT2D eigenvalue weighted by Gasteiger charge is 2.06. The molecule has 2 aromatic rings. The zero-order valence-corrected chi connectivity index (χ0v) is 8.69. The van der Waals surface area contributed by atoms with Crippen LogP contribution in [0.25, 0.3) is 0 Å². The van der Waals surface area contributed by atoms with Crippen molar-refractivity contribution in [3.8, 4) is 0 Å². The van der Waals surface area contributed by atoms with Gasteiger partial charge in [-0.25, -0.2) is 0 Å². The number of hydrogen-bond acceptors (Lipinski definition) is 1. The van der Waals surface area contributed by atoms with Gasteiger partial charge in [0.1, 0.15) is 0 Å². The number of rotatable bonds is 2. The van der Waals surface area contributed by atoms with E-state index >= 15 is 0 Å². The number of benzene rings is 2. The van der Waals surface area contributed by atoms with E-state index in [0.717, 1.165) is 0 Å². The Labute approximate surface area is 85.4 Å². The summed E-state index contributed by atoms with van der Waals surface area (Å²) in [4.78, 5) is 0. The lowest BCUT2D eigenvalue weighted by Crippen LogP contribution is -2.16. The Hall–Kier alpha value is -1.17. The summed E-state index contributed by atoms with van der Waals surface area (Å²) < 4.78 is 0. The average molecular weight is 201 g/mol. The molecule has 2 rings (SSSR count). The Morgan fingerprint density at radius 2 is 1.00 bits per heavy atom. The third kappa shape index (κ3) is 2.01. The molecule has 0 heterocycles. The molecule has 0 saturated heterocycles. The largest absolute Gasteiger partial charge is 0.302 e. The van der Waals surface area contributed by atoms with Gasteiger partial charge in [-0.1, -0.05) is 60.7 Å². The first kappa shape index (κ1) is 9.39. The van der Waals surface area contributed by atoms with Crippen molar-refractivity contribution in [1.29, 1.82) is 0 Å². The van der Waals surface area contributed by atoms with Crippen LogP contribution in [0.15, 0.2) is 60.7 Å². The van der Waals surface area contributed by atoms with Crippen LogP contribution in [-0.2, 0) is 0 Å². The first-order valence-corrected chi connectivity index (χ1v) is 5.94. The molecular weight excluding hydrogens is 189 g/mol. The molecule has 70 valence electrons. The van der Waals surface area contributed by atoms with Crippen molar-refractivity contribution >= 4 is 18.7 Å². The average Bonchev–Trinajstić information content (AvgIpc) is 2.30. The zero-order valence-electron chi connectivity index (χ0n) is 7.80. The van der Waals surface area contributed by atoms with Crippen LogP contribution in [0.3, 0.4) is 0 Å². The van der Waals surface area contributed by atoms with Gasteiger partial charge in [0, 0.05) is 8.07 Å². The van der Waals surface area contributed by atoms with E-state index < -0.39 is 8.07 Å². The molecule has 2 N–H and O–H groups in total. The highest BCUT2D eigenvalue weighted by Crippen LogP contribution is 2.22. The third-order valence-corrected chi connectivity index (χ3v) is 3.78. The summed E-state index contributed by atoms with van der Waals surface area (Å²) in [6.45, 7) is 0. The lowest BCUT2D eigenvalue weighted by Gasteiger charge is -2.11. The molecule has 0 amide bonds. The molecule has 0 aromatic heterocycles. The maximum absolute atomic E-state index is 6.18. The summed E-state index contributed by atoms with van der Waals surface area (Å²) in [6.07, 6.45) is 0. The van der Waals surface area contributed by atoms with Gasteiger partial charge >= 0.3 is 0 Å². The van der Waals surface area contributed by atoms with E-state index in [-0.39, 0.29) is 0 Å². The second-order valence-corrected chi connectivity index (χ2v) is 4.81. The molecule has 0 aliphatic carbocycles. The van der Waals surface area contributed by atoms with Gasteiger partial charge in [0.2, 0.25) is 0 Å². The fourth-order valence-corrected chi connectivity index (χ4v) is 2.61. The van der Waals surface area contributed by atoms with Crippen molar-refractivity contribution in [2.24, 2.45) is 5.50 Å². The van der Waals surface area contributed by atoms with E-state index in [1.807, 2.05) is 36.4 Å². The monoisotopic (exact) mass is 201 g/mol. The van der Waals surface area contributed by atoms with Crippen molar-refractivity contribution in [1.82, 2.24) is 0 Å². The minimum Gasteiger partial charge on any atom is -0.302 e. The number of nitrogens with two attached hydrogens (primary N) is 1. The van der Waals surface area contributed by atoms with Gasteiger partial charge in [0.15, 0.2) is 0 Å². The first-order chi connectivity index (χ1) is 6.88. The third-order valence-electron chi connectivity index (χ3n) is 2.07. The summed E-state index contributed by atoms with van der Waals surface area (Å²) in [5, 5.41) is 2.43. The van der Waals surface area contributed by atoms with Crippen molar-refractivity contribution in [2.75, 3.05) is 0 Å². The quantitative estimate of drug-likeness (QED) is 0.739. The summed E-state index contributed by atoms with van der Waals surface area (Å²) in [6, 6.07) is 20.5. The Balaban J connectivity index is 2.30. The smallest absolute Gasteiger partial charge is 0.0225 e. The maximum atomic E-state index is 6.18. The van der Waals surface area contributed by atoms with Crippen LogP contribution >= 0.6 is 8.07 Å². The van der Waals surface area contributed by atoms with Gasteiger partial charge in [-0.3, -0.25) is 0 Å². The van der Waals surface area contributed by atoms with Crippen LogP contribution in [0.1, 0.15) is 0 Å². The predicted octanol–water partition coefficient (Wildman–Crippen LogP) is 1.99. The van der Waals surface area contributed by atoms with Crippen LogP contribution in [0, 0.1) is 0 Å². The van der Waals surface area contributed by atoms with Crippen LogP contribution in [0.2, 0.25) is 0 Å². The summed E-state index contributed by atoms with van der Waals surface area (Å²) in [5.41, 5.74) is 6.18. The fourth-order valence-electron chi connectivity index (χ4n) is 1.33. The van der Waals surface area contributed by atoms with Gasteiger partial charge in [-0.05, 0) is 10.6 Å². The van der Waals surface area contributed by atoms with Gasteiger partial charge in [-0.2, -0.15) is 0 Å². The molecule has 2 aromatic carbocycles. The van der Waals surface area contributed by atoms with E-state index in [2.05, 4.69) is 24.3 Å². The molecule has 0 radical (unpaired) electrons. The van der Waals surface area contributed by atoms with E-state index in [9.17, 15) is 0 Å². The van der Waals surface area contributed by atoms with E-state index in [4.69, 9.17) is 5.50 Å². The maximum Gasteiger partial charge on any atom is 0.0225 e. The minimum atomic E-state index is -0.671. The Kier molecular flexibility index (Phi) is 2.93. The van der Waals surface area contributed by atoms with Gasteiger partial charge in [0.05, 0.1) is 0 Å². The summed E-state index contributed by atoms with van der Waals surface area (Å²) >= 11 is 0. The molecule has 14 heavy (non-hydrogen) atoms. The zero-order chi connectivity index (χ0) is 9.80. The fraction of sp³-hybridized carbons (Fsp3) is 0. The lowest BCUT2D eigenvalue weighted by molar-refractivity contribution is 1.73. The number of hydrogen-bond donors (Lipinski definition) is 1. The second kappa shape index (κ2) is 4.36. The van der Waals surface area contributed by atoms with E-state index in [0.29, 0.717) is 0 Å².